The standard InChI is InChI=1S/C23H37NO3/c1-15(2)16-7-11-21(3)18-8-12-22(14-24-18)10-5-6-17(22)23(21,20(16)26)13-9-19(25)27-4/h15-18,24H,5-14H2,1-4H3/t16-,17-,18?,21+,22+,23+/m1/s1. The molecule has 5 rings (SSSR count). The van der Waals surface area contributed by atoms with Gasteiger partial charge in [-0.2, -0.15) is 0 Å². The Balaban J connectivity index is 1.86. The second-order valence-corrected chi connectivity index (χ2v) is 10.5. The predicted molar refractivity (Wildman–Crippen MR) is 105 cm³/mol. The molecule has 2 heterocycles. The number of esters is 1. The zero-order chi connectivity index (χ0) is 19.4. The van der Waals surface area contributed by atoms with Crippen molar-refractivity contribution in [1.82, 2.24) is 5.32 Å². The highest BCUT2D eigenvalue weighted by molar-refractivity contribution is 5.90. The maximum atomic E-state index is 14.3. The molecule has 2 saturated heterocycles. The van der Waals surface area contributed by atoms with Gasteiger partial charge in [0.05, 0.1) is 7.11 Å². The molecule has 3 saturated carbocycles. The minimum Gasteiger partial charge on any atom is -0.469 e. The van der Waals surface area contributed by atoms with E-state index in [1.54, 1.807) is 0 Å². The van der Waals surface area contributed by atoms with Crippen LogP contribution in [0.1, 0.15) is 78.6 Å². The summed E-state index contributed by atoms with van der Waals surface area (Å²) in [6.07, 6.45) is 9.24. The summed E-state index contributed by atoms with van der Waals surface area (Å²) in [6, 6.07) is 0.406. The molecular formula is C23H37NO3. The number of Topliss-reactive ketones (excluding diaryl/α,β-unsaturated/α-hetero) is 1. The lowest BCUT2D eigenvalue weighted by Gasteiger charge is -2.58. The summed E-state index contributed by atoms with van der Waals surface area (Å²) in [6.45, 7) is 7.86. The second-order valence-electron chi connectivity index (χ2n) is 10.5. The Hall–Kier alpha value is -0.900. The molecule has 0 aromatic rings. The molecule has 3 aliphatic carbocycles. The van der Waals surface area contributed by atoms with Gasteiger partial charge in [-0.15, -0.1) is 0 Å². The van der Waals surface area contributed by atoms with E-state index in [2.05, 4.69) is 26.1 Å². The molecule has 1 unspecified atom stereocenters. The number of nitrogens with one attached hydrogen (secondary N) is 1. The van der Waals surface area contributed by atoms with Crippen LogP contribution in [-0.4, -0.2) is 31.4 Å². The lowest BCUT2D eigenvalue weighted by atomic mass is 9.44. The van der Waals surface area contributed by atoms with E-state index in [0.717, 1.165) is 25.8 Å². The van der Waals surface area contributed by atoms with E-state index in [1.165, 1.54) is 32.8 Å². The number of ketones is 1. The van der Waals surface area contributed by atoms with E-state index in [9.17, 15) is 9.59 Å². The van der Waals surface area contributed by atoms with Crippen LogP contribution in [0.25, 0.3) is 0 Å². The first-order chi connectivity index (χ1) is 12.8. The van der Waals surface area contributed by atoms with E-state index >= 15 is 0 Å². The average Bonchev–Trinajstić information content (AvgIpc) is 2.98. The number of hydrogen-bond acceptors (Lipinski definition) is 4. The highest BCUT2D eigenvalue weighted by atomic mass is 16.5. The summed E-state index contributed by atoms with van der Waals surface area (Å²) >= 11 is 0. The van der Waals surface area contributed by atoms with E-state index in [-0.39, 0.29) is 28.1 Å². The van der Waals surface area contributed by atoms with Crippen LogP contribution < -0.4 is 5.32 Å². The fraction of sp³-hybridized carbons (Fsp3) is 0.913. The normalized spacial score (nSPS) is 46.1. The molecule has 27 heavy (non-hydrogen) atoms. The zero-order valence-electron chi connectivity index (χ0n) is 17.6. The van der Waals surface area contributed by atoms with Crippen molar-refractivity contribution in [3.8, 4) is 0 Å². The van der Waals surface area contributed by atoms with E-state index in [1.807, 2.05) is 0 Å². The fourth-order valence-corrected chi connectivity index (χ4v) is 8.01. The van der Waals surface area contributed by atoms with Crippen LogP contribution in [0.4, 0.5) is 0 Å². The summed E-state index contributed by atoms with van der Waals surface area (Å²) in [5.74, 6) is 1.27. The van der Waals surface area contributed by atoms with Crippen molar-refractivity contribution in [3.05, 3.63) is 0 Å². The third-order valence-corrected chi connectivity index (χ3v) is 9.43. The van der Waals surface area contributed by atoms with Gasteiger partial charge in [0.25, 0.3) is 0 Å². The number of carbonyl (C=O) groups is 2. The molecule has 5 fully saturated rings. The lowest BCUT2D eigenvalue weighted by Crippen LogP contribution is -2.61. The summed E-state index contributed by atoms with van der Waals surface area (Å²) in [5, 5.41) is 3.91. The number of piperidine rings is 1. The SMILES string of the molecule is COC(=O)CC[C@]12C(=O)[C@@H](C(C)C)CC[C@@]1(C)C1CC[C@@]3(CCC[C@H]32)CN1. The summed E-state index contributed by atoms with van der Waals surface area (Å²) in [5.41, 5.74) is -0.148. The first-order valence-electron chi connectivity index (χ1n) is 11.2. The van der Waals surface area contributed by atoms with Gasteiger partial charge < -0.3 is 10.1 Å². The molecule has 0 aromatic heterocycles. The van der Waals surface area contributed by atoms with Gasteiger partial charge in [0.2, 0.25) is 0 Å². The summed E-state index contributed by atoms with van der Waals surface area (Å²) in [4.78, 5) is 26.4. The molecule has 1 N–H and O–H groups in total. The Kier molecular flexibility index (Phi) is 4.73. The Morgan fingerprint density at radius 1 is 1.22 bits per heavy atom. The van der Waals surface area contributed by atoms with Crippen LogP contribution in [0.5, 0.6) is 0 Å². The van der Waals surface area contributed by atoms with Crippen molar-refractivity contribution in [1.29, 1.82) is 0 Å². The van der Waals surface area contributed by atoms with Crippen LogP contribution >= 0.6 is 0 Å². The molecule has 2 bridgehead atoms. The minimum absolute atomic E-state index is 0.0449. The maximum absolute atomic E-state index is 14.3. The van der Waals surface area contributed by atoms with Crippen LogP contribution in [0.2, 0.25) is 0 Å². The summed E-state index contributed by atoms with van der Waals surface area (Å²) < 4.78 is 5.00. The number of carbonyl (C=O) groups excluding carboxylic acids is 2. The molecule has 152 valence electrons. The third kappa shape index (κ3) is 2.51. The summed E-state index contributed by atoms with van der Waals surface area (Å²) in [7, 11) is 1.47. The van der Waals surface area contributed by atoms with Gasteiger partial charge in [-0.1, -0.05) is 27.2 Å². The number of methoxy groups -OCH3 is 1. The maximum Gasteiger partial charge on any atom is 0.305 e. The van der Waals surface area contributed by atoms with Crippen LogP contribution in [0.15, 0.2) is 0 Å². The van der Waals surface area contributed by atoms with E-state index in [0.29, 0.717) is 36.5 Å². The van der Waals surface area contributed by atoms with Gasteiger partial charge in [-0.25, -0.2) is 0 Å². The smallest absolute Gasteiger partial charge is 0.305 e. The van der Waals surface area contributed by atoms with E-state index in [4.69, 9.17) is 4.74 Å². The fourth-order valence-electron chi connectivity index (χ4n) is 8.01. The van der Waals surface area contributed by atoms with Crippen LogP contribution in [0.3, 0.4) is 0 Å². The van der Waals surface area contributed by atoms with Crippen molar-refractivity contribution >= 4 is 11.8 Å². The van der Waals surface area contributed by atoms with Gasteiger partial charge >= 0.3 is 5.97 Å². The average molecular weight is 376 g/mol. The number of hydrogen-bond donors (Lipinski definition) is 1. The first-order valence-corrected chi connectivity index (χ1v) is 11.2. The number of ether oxygens (including phenoxy) is 1. The van der Waals surface area contributed by atoms with Gasteiger partial charge in [0.15, 0.2) is 0 Å². The molecule has 6 atom stereocenters. The Labute approximate surface area is 164 Å². The van der Waals surface area contributed by atoms with E-state index < -0.39 is 0 Å². The van der Waals surface area contributed by atoms with Crippen LogP contribution in [0, 0.1) is 34.0 Å². The van der Waals surface area contributed by atoms with Gasteiger partial charge in [-0.3, -0.25) is 9.59 Å². The quantitative estimate of drug-likeness (QED) is 0.751. The monoisotopic (exact) mass is 375 g/mol. The molecule has 1 spiro atoms. The van der Waals surface area contributed by atoms with Gasteiger partial charge in [0.1, 0.15) is 5.78 Å². The van der Waals surface area contributed by atoms with Crippen molar-refractivity contribution in [3.63, 3.8) is 0 Å². The molecule has 2 aliphatic heterocycles. The molecule has 4 nitrogen and oxygen atoms in total. The van der Waals surface area contributed by atoms with Crippen molar-refractivity contribution in [2.75, 3.05) is 13.7 Å². The molecule has 0 radical (unpaired) electrons. The number of rotatable bonds is 4. The van der Waals surface area contributed by atoms with Crippen LogP contribution in [-0.2, 0) is 14.3 Å². The zero-order valence-corrected chi connectivity index (χ0v) is 17.6. The molecule has 4 heteroatoms. The minimum atomic E-state index is -0.366. The lowest BCUT2D eigenvalue weighted by molar-refractivity contribution is -0.164. The highest BCUT2D eigenvalue weighted by Gasteiger charge is 2.71. The van der Waals surface area contributed by atoms with Crippen molar-refractivity contribution in [2.24, 2.45) is 34.0 Å². The Morgan fingerprint density at radius 2 is 2.00 bits per heavy atom. The van der Waals surface area contributed by atoms with Gasteiger partial charge in [0, 0.05) is 30.3 Å². The molecular weight excluding hydrogens is 338 g/mol. The molecule has 0 aromatic carbocycles. The Morgan fingerprint density at radius 3 is 2.63 bits per heavy atom. The van der Waals surface area contributed by atoms with Crippen molar-refractivity contribution in [2.45, 2.75) is 84.6 Å². The third-order valence-electron chi connectivity index (χ3n) is 9.43. The van der Waals surface area contributed by atoms with Gasteiger partial charge in [-0.05, 0) is 67.6 Å². The topological polar surface area (TPSA) is 55.4 Å². The molecule has 0 amide bonds. The largest absolute Gasteiger partial charge is 0.469 e. The highest BCUT2D eigenvalue weighted by Crippen LogP contribution is 2.70. The van der Waals surface area contributed by atoms with Crippen molar-refractivity contribution < 1.29 is 14.3 Å². The first kappa shape index (κ1) is 19.4. The predicted octanol–water partition coefficient (Wildman–Crippen LogP) is 4.12. The number of fused-ring (bicyclic) bond motifs is 2. The Bertz CT molecular complexity index is 621. The second kappa shape index (κ2) is 6.57. The molecule has 5 aliphatic rings.